The van der Waals surface area contributed by atoms with Crippen LogP contribution in [0.3, 0.4) is 0 Å². The van der Waals surface area contributed by atoms with Crippen LogP contribution in [0.15, 0.2) is 42.5 Å². The molecule has 2 aromatic carbocycles. The smallest absolute Gasteiger partial charge is 0.131 e. The number of alkyl halides is 1. The number of hydrogen-bond donors (Lipinski definition) is 0. The number of benzene rings is 2. The molecule has 0 aliphatic carbocycles. The topological polar surface area (TPSA) is 0 Å². The SMILES string of the molecule is Fc1ccc(-c2ccc(CI)cc2F)cc1. The van der Waals surface area contributed by atoms with E-state index in [-0.39, 0.29) is 11.6 Å². The average Bonchev–Trinajstić information content (AvgIpc) is 2.30. The molecule has 0 fully saturated rings. The Morgan fingerprint density at radius 2 is 1.62 bits per heavy atom. The maximum Gasteiger partial charge on any atom is 0.131 e. The third-order valence-electron chi connectivity index (χ3n) is 2.34. The fourth-order valence-electron chi connectivity index (χ4n) is 1.51. The van der Waals surface area contributed by atoms with Crippen LogP contribution in [-0.4, -0.2) is 0 Å². The molecule has 0 bridgehead atoms. The standard InChI is InChI=1S/C13H9F2I/c14-11-4-2-10(3-5-11)12-6-1-9(8-16)7-13(12)15/h1-7H,8H2. The molecule has 2 aromatic rings. The Kier molecular flexibility index (Phi) is 3.53. The minimum absolute atomic E-state index is 0.263. The Balaban J connectivity index is 2.44. The third-order valence-corrected chi connectivity index (χ3v) is 3.22. The first-order chi connectivity index (χ1) is 7.70. The van der Waals surface area contributed by atoms with Gasteiger partial charge in [-0.3, -0.25) is 0 Å². The van der Waals surface area contributed by atoms with Crippen LogP contribution < -0.4 is 0 Å². The van der Waals surface area contributed by atoms with Gasteiger partial charge in [0.2, 0.25) is 0 Å². The number of halogens is 3. The van der Waals surface area contributed by atoms with Crippen molar-refractivity contribution < 1.29 is 8.78 Å². The van der Waals surface area contributed by atoms with E-state index < -0.39 is 0 Å². The molecule has 0 saturated heterocycles. The van der Waals surface area contributed by atoms with Gasteiger partial charge in [0.05, 0.1) is 0 Å². The first-order valence-corrected chi connectivity index (χ1v) is 6.33. The van der Waals surface area contributed by atoms with Crippen molar-refractivity contribution in [3.8, 4) is 11.1 Å². The minimum atomic E-state index is -0.312. The highest BCUT2D eigenvalue weighted by molar-refractivity contribution is 14.1. The molecule has 0 saturated carbocycles. The van der Waals surface area contributed by atoms with Crippen LogP contribution >= 0.6 is 22.6 Å². The largest absolute Gasteiger partial charge is 0.207 e. The van der Waals surface area contributed by atoms with Gasteiger partial charge in [0.1, 0.15) is 11.6 Å². The summed E-state index contributed by atoms with van der Waals surface area (Å²) in [6, 6.07) is 11.0. The van der Waals surface area contributed by atoms with Gasteiger partial charge in [0.15, 0.2) is 0 Å². The summed E-state index contributed by atoms with van der Waals surface area (Å²) in [6.45, 7) is 0. The predicted octanol–water partition coefficient (Wildman–Crippen LogP) is 4.57. The van der Waals surface area contributed by atoms with Crippen molar-refractivity contribution in [2.75, 3.05) is 0 Å². The minimum Gasteiger partial charge on any atom is -0.207 e. The van der Waals surface area contributed by atoms with Crippen LogP contribution in [0.4, 0.5) is 8.78 Å². The maximum absolute atomic E-state index is 13.7. The zero-order valence-corrected chi connectivity index (χ0v) is 10.5. The van der Waals surface area contributed by atoms with Crippen molar-refractivity contribution in [2.45, 2.75) is 4.43 Å². The number of hydrogen-bond acceptors (Lipinski definition) is 0. The van der Waals surface area contributed by atoms with Gasteiger partial charge in [-0.1, -0.05) is 46.9 Å². The molecule has 16 heavy (non-hydrogen) atoms. The molecule has 0 aliphatic rings. The van der Waals surface area contributed by atoms with E-state index in [1.165, 1.54) is 18.2 Å². The summed E-state index contributed by atoms with van der Waals surface area (Å²) in [5.74, 6) is -0.575. The van der Waals surface area contributed by atoms with Gasteiger partial charge in [-0.25, -0.2) is 8.78 Å². The van der Waals surface area contributed by atoms with Gasteiger partial charge in [-0.2, -0.15) is 0 Å². The van der Waals surface area contributed by atoms with Gasteiger partial charge >= 0.3 is 0 Å². The van der Waals surface area contributed by atoms with E-state index in [1.807, 2.05) is 6.07 Å². The summed E-state index contributed by atoms with van der Waals surface area (Å²) in [7, 11) is 0. The second kappa shape index (κ2) is 4.91. The molecule has 0 aromatic heterocycles. The zero-order valence-electron chi connectivity index (χ0n) is 8.38. The summed E-state index contributed by atoms with van der Waals surface area (Å²) in [5, 5.41) is 0. The Bertz CT molecular complexity index is 492. The van der Waals surface area contributed by atoms with E-state index in [1.54, 1.807) is 18.2 Å². The summed E-state index contributed by atoms with van der Waals surface area (Å²) in [5.41, 5.74) is 2.15. The third kappa shape index (κ3) is 2.40. The highest BCUT2D eigenvalue weighted by Gasteiger charge is 2.05. The lowest BCUT2D eigenvalue weighted by atomic mass is 10.0. The molecule has 0 N–H and O–H groups in total. The monoisotopic (exact) mass is 330 g/mol. The molecule has 0 heterocycles. The van der Waals surface area contributed by atoms with Crippen LogP contribution in [0.1, 0.15) is 5.56 Å². The van der Waals surface area contributed by atoms with Crippen LogP contribution in [-0.2, 0) is 4.43 Å². The van der Waals surface area contributed by atoms with E-state index in [9.17, 15) is 8.78 Å². The quantitative estimate of drug-likeness (QED) is 0.559. The lowest BCUT2D eigenvalue weighted by Gasteiger charge is -2.05. The first kappa shape index (κ1) is 11.5. The summed E-state index contributed by atoms with van der Waals surface area (Å²) < 4.78 is 27.2. The van der Waals surface area contributed by atoms with Crippen LogP contribution in [0, 0.1) is 11.6 Å². The summed E-state index contributed by atoms with van der Waals surface area (Å²) in [6.07, 6.45) is 0. The fraction of sp³-hybridized carbons (Fsp3) is 0.0769. The van der Waals surface area contributed by atoms with Crippen molar-refractivity contribution in [3.05, 3.63) is 59.7 Å². The van der Waals surface area contributed by atoms with Gasteiger partial charge in [0.25, 0.3) is 0 Å². The maximum atomic E-state index is 13.7. The van der Waals surface area contributed by atoms with E-state index in [2.05, 4.69) is 22.6 Å². The molecule has 0 radical (unpaired) electrons. The number of rotatable bonds is 2. The highest BCUT2D eigenvalue weighted by atomic mass is 127. The summed E-state index contributed by atoms with van der Waals surface area (Å²) in [4.78, 5) is 0. The fourth-order valence-corrected chi connectivity index (χ4v) is 1.98. The molecular weight excluding hydrogens is 321 g/mol. The van der Waals surface area contributed by atoms with Crippen LogP contribution in [0.5, 0.6) is 0 Å². The molecule has 0 aliphatic heterocycles. The lowest BCUT2D eigenvalue weighted by molar-refractivity contribution is 0.625. The Morgan fingerprint density at radius 3 is 2.19 bits per heavy atom. The van der Waals surface area contributed by atoms with Crippen molar-refractivity contribution in [1.82, 2.24) is 0 Å². The second-order valence-corrected chi connectivity index (χ2v) is 4.22. The van der Waals surface area contributed by atoms with E-state index in [0.717, 1.165) is 9.99 Å². The zero-order chi connectivity index (χ0) is 11.5. The molecule has 0 amide bonds. The molecule has 0 atom stereocenters. The Hall–Kier alpha value is -0.970. The molecule has 2 rings (SSSR count). The molecule has 82 valence electrons. The molecule has 0 spiro atoms. The van der Waals surface area contributed by atoms with Gasteiger partial charge in [-0.15, -0.1) is 0 Å². The lowest BCUT2D eigenvalue weighted by Crippen LogP contribution is -1.87. The first-order valence-electron chi connectivity index (χ1n) is 4.81. The highest BCUT2D eigenvalue weighted by Crippen LogP contribution is 2.24. The molecule has 0 unspecified atom stereocenters. The average molecular weight is 330 g/mol. The molecule has 0 nitrogen and oxygen atoms in total. The van der Waals surface area contributed by atoms with Gasteiger partial charge < -0.3 is 0 Å². The van der Waals surface area contributed by atoms with Gasteiger partial charge in [0, 0.05) is 9.99 Å². The predicted molar refractivity (Wildman–Crippen MR) is 69.5 cm³/mol. The van der Waals surface area contributed by atoms with Crippen molar-refractivity contribution in [1.29, 1.82) is 0 Å². The van der Waals surface area contributed by atoms with Crippen molar-refractivity contribution in [3.63, 3.8) is 0 Å². The molecule has 3 heteroatoms. The van der Waals surface area contributed by atoms with Crippen LogP contribution in [0.25, 0.3) is 11.1 Å². The van der Waals surface area contributed by atoms with E-state index in [0.29, 0.717) is 11.1 Å². The molecular formula is C13H9F2I. The van der Waals surface area contributed by atoms with Gasteiger partial charge in [-0.05, 0) is 29.3 Å². The van der Waals surface area contributed by atoms with Crippen LogP contribution in [0.2, 0.25) is 0 Å². The van der Waals surface area contributed by atoms with E-state index in [4.69, 9.17) is 0 Å². The van der Waals surface area contributed by atoms with Crippen molar-refractivity contribution >= 4 is 22.6 Å². The Morgan fingerprint density at radius 1 is 0.938 bits per heavy atom. The van der Waals surface area contributed by atoms with Crippen molar-refractivity contribution in [2.24, 2.45) is 0 Å². The van der Waals surface area contributed by atoms with E-state index >= 15 is 0 Å². The summed E-state index contributed by atoms with van der Waals surface area (Å²) >= 11 is 2.18. The Labute approximate surface area is 106 Å². The normalized spacial score (nSPS) is 10.4. The second-order valence-electron chi connectivity index (χ2n) is 3.45.